The van der Waals surface area contributed by atoms with E-state index in [0.717, 1.165) is 0 Å². The lowest BCUT2D eigenvalue weighted by atomic mass is 9.97. The number of rotatable bonds is 4. The van der Waals surface area contributed by atoms with Crippen LogP contribution in [0, 0.1) is 11.8 Å². The fourth-order valence-corrected chi connectivity index (χ4v) is 1.74. The van der Waals surface area contributed by atoms with Gasteiger partial charge in [0.1, 0.15) is 0 Å². The average molecular weight is 216 g/mol. The Hall–Kier alpha value is -1.63. The number of primary amides is 1. The minimum atomic E-state index is -1.16. The predicted molar refractivity (Wildman–Crippen MR) is 47.9 cm³/mol. The molecule has 0 bridgehead atoms. The third-order valence-corrected chi connectivity index (χ3v) is 2.41. The van der Waals surface area contributed by atoms with E-state index in [0.29, 0.717) is 0 Å². The quantitative estimate of drug-likeness (QED) is 0.509. The molecule has 1 heterocycles. The van der Waals surface area contributed by atoms with Gasteiger partial charge in [-0.3, -0.25) is 19.3 Å². The zero-order chi connectivity index (χ0) is 11.6. The smallest absolute Gasteiger partial charge is 0.308 e. The highest BCUT2D eigenvalue weighted by atomic mass is 16.4. The first kappa shape index (κ1) is 11.4. The first-order valence-electron chi connectivity index (χ1n) is 4.38. The molecule has 0 aromatic rings. The van der Waals surface area contributed by atoms with E-state index >= 15 is 0 Å². The summed E-state index contributed by atoms with van der Waals surface area (Å²) in [6, 6.07) is 0. The van der Waals surface area contributed by atoms with Gasteiger partial charge in [0.25, 0.3) is 0 Å². The Kier molecular flexibility index (Phi) is 3.25. The van der Waals surface area contributed by atoms with Crippen LogP contribution in [0.1, 0.15) is 0 Å². The topological polar surface area (TPSA) is 121 Å². The zero-order valence-corrected chi connectivity index (χ0v) is 7.92. The number of aliphatic carboxylic acids is 2. The summed E-state index contributed by atoms with van der Waals surface area (Å²) < 4.78 is 0. The zero-order valence-electron chi connectivity index (χ0n) is 7.92. The minimum absolute atomic E-state index is 0.0508. The van der Waals surface area contributed by atoms with Crippen molar-refractivity contribution in [2.45, 2.75) is 0 Å². The number of carboxylic acids is 2. The summed E-state index contributed by atoms with van der Waals surface area (Å²) in [6.07, 6.45) is 0. The molecule has 0 radical (unpaired) electrons. The highest BCUT2D eigenvalue weighted by Gasteiger charge is 2.42. The standard InChI is InChI=1S/C8H12N2O5/c9-6(11)3-10-1-4(7(12)13)5(2-10)8(14)15/h4-5H,1-3H2,(H2,9,11)(H,12,13)(H,14,15)/t4-,5-/m1/s1. The van der Waals surface area contributed by atoms with Crippen molar-refractivity contribution in [3.8, 4) is 0 Å². The molecule has 0 saturated carbocycles. The van der Waals surface area contributed by atoms with Gasteiger partial charge in [-0.05, 0) is 0 Å². The summed E-state index contributed by atoms with van der Waals surface area (Å²) in [5.74, 6) is -4.85. The monoisotopic (exact) mass is 216 g/mol. The lowest BCUT2D eigenvalue weighted by Gasteiger charge is -2.11. The van der Waals surface area contributed by atoms with Gasteiger partial charge in [0.15, 0.2) is 0 Å². The van der Waals surface area contributed by atoms with E-state index in [1.165, 1.54) is 4.90 Å². The Morgan fingerprint density at radius 1 is 1.13 bits per heavy atom. The molecule has 1 fully saturated rings. The van der Waals surface area contributed by atoms with Crippen LogP contribution in [0.2, 0.25) is 0 Å². The molecular weight excluding hydrogens is 204 g/mol. The van der Waals surface area contributed by atoms with Crippen molar-refractivity contribution in [1.29, 1.82) is 0 Å². The van der Waals surface area contributed by atoms with Gasteiger partial charge in [-0.1, -0.05) is 0 Å². The number of nitrogens with two attached hydrogens (primary N) is 1. The van der Waals surface area contributed by atoms with Crippen molar-refractivity contribution in [1.82, 2.24) is 4.90 Å². The molecule has 84 valence electrons. The first-order valence-corrected chi connectivity index (χ1v) is 4.38. The SMILES string of the molecule is NC(=O)CN1C[C@@H](C(=O)O)[C@H](C(=O)O)C1. The van der Waals surface area contributed by atoms with E-state index in [1.54, 1.807) is 0 Å². The second-order valence-electron chi connectivity index (χ2n) is 3.55. The van der Waals surface area contributed by atoms with Crippen LogP contribution in [0.3, 0.4) is 0 Å². The third-order valence-electron chi connectivity index (χ3n) is 2.41. The molecular formula is C8H12N2O5. The molecule has 7 heteroatoms. The van der Waals surface area contributed by atoms with Gasteiger partial charge < -0.3 is 15.9 Å². The molecule has 1 aliphatic heterocycles. The molecule has 1 rings (SSSR count). The Bertz CT molecular complexity index is 281. The van der Waals surface area contributed by atoms with Crippen LogP contribution in [0.15, 0.2) is 0 Å². The number of nitrogens with zero attached hydrogens (tertiary/aromatic N) is 1. The second kappa shape index (κ2) is 4.26. The number of amides is 1. The van der Waals surface area contributed by atoms with Crippen LogP contribution < -0.4 is 5.73 Å². The molecule has 0 unspecified atom stereocenters. The summed E-state index contributed by atoms with van der Waals surface area (Å²) in [5, 5.41) is 17.6. The van der Waals surface area contributed by atoms with Gasteiger partial charge >= 0.3 is 11.9 Å². The fourth-order valence-electron chi connectivity index (χ4n) is 1.74. The number of hydrogen-bond acceptors (Lipinski definition) is 4. The maximum absolute atomic E-state index is 10.7. The average Bonchev–Trinajstić information content (AvgIpc) is 2.46. The van der Waals surface area contributed by atoms with E-state index in [-0.39, 0.29) is 19.6 Å². The van der Waals surface area contributed by atoms with Crippen LogP contribution in [0.4, 0.5) is 0 Å². The Balaban J connectivity index is 2.69. The van der Waals surface area contributed by atoms with Gasteiger partial charge in [0.2, 0.25) is 5.91 Å². The van der Waals surface area contributed by atoms with E-state index in [4.69, 9.17) is 15.9 Å². The van der Waals surface area contributed by atoms with Gasteiger partial charge in [-0.25, -0.2) is 0 Å². The highest BCUT2D eigenvalue weighted by molar-refractivity contribution is 5.82. The molecule has 1 amide bonds. The first-order chi connectivity index (χ1) is 6.91. The molecule has 15 heavy (non-hydrogen) atoms. The largest absolute Gasteiger partial charge is 0.481 e. The molecule has 0 spiro atoms. The van der Waals surface area contributed by atoms with Gasteiger partial charge in [0, 0.05) is 13.1 Å². The van der Waals surface area contributed by atoms with Crippen LogP contribution in [0.5, 0.6) is 0 Å². The van der Waals surface area contributed by atoms with E-state index in [9.17, 15) is 14.4 Å². The van der Waals surface area contributed by atoms with E-state index in [1.807, 2.05) is 0 Å². The lowest BCUT2D eigenvalue weighted by Crippen LogP contribution is -2.32. The predicted octanol–water partition coefficient (Wildman–Crippen LogP) is -1.81. The number of carboxylic acid groups (broad SMARTS) is 2. The lowest BCUT2D eigenvalue weighted by molar-refractivity contribution is -0.151. The molecule has 2 atom stereocenters. The highest BCUT2D eigenvalue weighted by Crippen LogP contribution is 2.23. The van der Waals surface area contributed by atoms with E-state index < -0.39 is 29.7 Å². The Labute approximate surface area is 85.5 Å². The third kappa shape index (κ3) is 2.66. The van der Waals surface area contributed by atoms with E-state index in [2.05, 4.69) is 0 Å². The molecule has 0 aromatic carbocycles. The Morgan fingerprint density at radius 3 is 1.80 bits per heavy atom. The Morgan fingerprint density at radius 2 is 1.53 bits per heavy atom. The van der Waals surface area contributed by atoms with Crippen molar-refractivity contribution in [2.24, 2.45) is 17.6 Å². The molecule has 4 N–H and O–H groups in total. The van der Waals surface area contributed by atoms with Crippen LogP contribution in [-0.2, 0) is 14.4 Å². The number of carbonyl (C=O) groups is 3. The number of likely N-dealkylation sites (tertiary alicyclic amines) is 1. The van der Waals surface area contributed by atoms with Gasteiger partial charge in [-0.2, -0.15) is 0 Å². The molecule has 1 saturated heterocycles. The number of hydrogen-bond donors (Lipinski definition) is 3. The maximum Gasteiger partial charge on any atom is 0.308 e. The van der Waals surface area contributed by atoms with Crippen molar-refractivity contribution < 1.29 is 24.6 Å². The van der Waals surface area contributed by atoms with Gasteiger partial charge in [0.05, 0.1) is 18.4 Å². The van der Waals surface area contributed by atoms with Crippen molar-refractivity contribution in [2.75, 3.05) is 19.6 Å². The van der Waals surface area contributed by atoms with Crippen molar-refractivity contribution in [3.05, 3.63) is 0 Å². The molecule has 1 aliphatic rings. The summed E-state index contributed by atoms with van der Waals surface area (Å²) in [5.41, 5.74) is 4.94. The maximum atomic E-state index is 10.7. The molecule has 0 aromatic heterocycles. The molecule has 7 nitrogen and oxygen atoms in total. The van der Waals surface area contributed by atoms with Crippen molar-refractivity contribution in [3.63, 3.8) is 0 Å². The number of carbonyl (C=O) groups excluding carboxylic acids is 1. The van der Waals surface area contributed by atoms with Crippen LogP contribution >= 0.6 is 0 Å². The summed E-state index contributed by atoms with van der Waals surface area (Å²) in [6.45, 7) is -0.00194. The van der Waals surface area contributed by atoms with Crippen molar-refractivity contribution >= 4 is 17.8 Å². The van der Waals surface area contributed by atoms with Crippen LogP contribution in [-0.4, -0.2) is 52.6 Å². The summed E-state index contributed by atoms with van der Waals surface area (Å²) in [7, 11) is 0. The second-order valence-corrected chi connectivity index (χ2v) is 3.55. The van der Waals surface area contributed by atoms with Crippen LogP contribution in [0.25, 0.3) is 0 Å². The fraction of sp³-hybridized carbons (Fsp3) is 0.625. The molecule has 0 aliphatic carbocycles. The van der Waals surface area contributed by atoms with Gasteiger partial charge in [-0.15, -0.1) is 0 Å². The minimum Gasteiger partial charge on any atom is -0.481 e. The summed E-state index contributed by atoms with van der Waals surface area (Å²) >= 11 is 0. The normalized spacial score (nSPS) is 26.4. The summed E-state index contributed by atoms with van der Waals surface area (Å²) in [4.78, 5) is 33.5.